The molecule has 2 heterocycles. The maximum Gasteiger partial charge on any atom is 0.226 e. The molecule has 0 aliphatic heterocycles. The van der Waals surface area contributed by atoms with Crippen molar-refractivity contribution in [3.63, 3.8) is 0 Å². The lowest BCUT2D eigenvalue weighted by molar-refractivity contribution is -0.114. The number of aryl methyl sites for hydroxylation is 1. The van der Waals surface area contributed by atoms with Crippen molar-refractivity contribution in [3.05, 3.63) is 6.20 Å². The fourth-order valence-corrected chi connectivity index (χ4v) is 4.35. The van der Waals surface area contributed by atoms with Gasteiger partial charge in [-0.2, -0.15) is 15.1 Å². The number of anilines is 2. The number of nitrogens with one attached hydrogen (secondary N) is 1. The number of nitrogen functional groups attached to an aromatic ring is 1. The van der Waals surface area contributed by atoms with Crippen molar-refractivity contribution in [2.75, 3.05) is 17.7 Å². The minimum Gasteiger partial charge on any atom is -0.383 e. The molecule has 2 aliphatic rings. The van der Waals surface area contributed by atoms with Crippen molar-refractivity contribution >= 4 is 22.8 Å². The van der Waals surface area contributed by atoms with Crippen LogP contribution in [-0.2, 0) is 11.8 Å². The van der Waals surface area contributed by atoms with Gasteiger partial charge in [-0.05, 0) is 26.2 Å². The Bertz CT molecular complexity index is 721. The molecule has 2 saturated carbocycles. The average Bonchev–Trinajstić information content (AvgIpc) is 3.16. The Labute approximate surface area is 135 Å². The summed E-state index contributed by atoms with van der Waals surface area (Å²) < 4.78 is 7.69. The number of aromatic nitrogens is 4. The van der Waals surface area contributed by atoms with E-state index in [4.69, 9.17) is 10.5 Å². The summed E-state index contributed by atoms with van der Waals surface area (Å²) >= 11 is 0. The second kappa shape index (κ2) is 5.33. The van der Waals surface area contributed by atoms with Crippen molar-refractivity contribution in [2.24, 2.45) is 12.5 Å². The first-order valence-corrected chi connectivity index (χ1v) is 8.47. The van der Waals surface area contributed by atoms with Gasteiger partial charge in [-0.3, -0.25) is 4.68 Å². The number of ether oxygens (including phenoxy) is 1. The average molecular weight is 316 g/mol. The number of nitrogens with zero attached hydrogens (tertiary/aromatic N) is 4. The van der Waals surface area contributed by atoms with Crippen LogP contribution in [0.5, 0.6) is 0 Å². The van der Waals surface area contributed by atoms with E-state index in [1.54, 1.807) is 10.9 Å². The zero-order valence-corrected chi connectivity index (χ0v) is 13.7. The molecular formula is C16H24N6O. The largest absolute Gasteiger partial charge is 0.383 e. The molecule has 7 nitrogen and oxygen atoms in total. The van der Waals surface area contributed by atoms with Crippen LogP contribution >= 0.6 is 0 Å². The Kier molecular flexibility index (Phi) is 3.41. The van der Waals surface area contributed by atoms with Crippen molar-refractivity contribution < 1.29 is 4.74 Å². The van der Waals surface area contributed by atoms with E-state index in [-0.39, 0.29) is 5.41 Å². The van der Waals surface area contributed by atoms with Gasteiger partial charge in [-0.15, -0.1) is 0 Å². The fourth-order valence-electron chi connectivity index (χ4n) is 4.35. The van der Waals surface area contributed by atoms with E-state index < -0.39 is 0 Å². The van der Waals surface area contributed by atoms with Crippen LogP contribution in [0.3, 0.4) is 0 Å². The van der Waals surface area contributed by atoms with Gasteiger partial charge < -0.3 is 15.8 Å². The molecule has 2 aliphatic carbocycles. The summed E-state index contributed by atoms with van der Waals surface area (Å²) in [7, 11) is 1.87. The highest BCUT2D eigenvalue weighted by molar-refractivity contribution is 5.86. The molecule has 124 valence electrons. The molecule has 0 unspecified atom stereocenters. The predicted molar refractivity (Wildman–Crippen MR) is 89.1 cm³/mol. The molecule has 4 rings (SSSR count). The molecule has 0 radical (unpaired) electrons. The number of nitrogens with two attached hydrogens (primary N) is 1. The highest BCUT2D eigenvalue weighted by atomic mass is 16.5. The zero-order valence-electron chi connectivity index (χ0n) is 13.7. The standard InChI is InChI=1S/C16H24N6O/c1-3-23-12-8-11(16(12)6-4-5-7-16)19-15-20-13(17)10-9-18-22(2)14(10)21-15/h9,11-12H,3-8H2,1-2H3,(H3,17,19,20,21)/t11-,12+/m0/s1. The molecule has 0 aromatic carbocycles. The minimum absolute atomic E-state index is 0.246. The predicted octanol–water partition coefficient (Wildman–Crippen LogP) is 2.10. The molecule has 1 spiro atoms. The van der Waals surface area contributed by atoms with E-state index in [0.717, 1.165) is 24.1 Å². The molecule has 0 amide bonds. The van der Waals surface area contributed by atoms with Gasteiger partial charge in [-0.1, -0.05) is 12.8 Å². The van der Waals surface area contributed by atoms with Crippen molar-refractivity contribution in [1.29, 1.82) is 0 Å². The highest BCUT2D eigenvalue weighted by Crippen LogP contribution is 2.55. The molecule has 0 bridgehead atoms. The summed E-state index contributed by atoms with van der Waals surface area (Å²) in [5.41, 5.74) is 7.07. The monoisotopic (exact) mass is 316 g/mol. The third-order valence-electron chi connectivity index (χ3n) is 5.61. The minimum atomic E-state index is 0.246. The van der Waals surface area contributed by atoms with Crippen LogP contribution in [0.1, 0.15) is 39.0 Å². The van der Waals surface area contributed by atoms with Gasteiger partial charge >= 0.3 is 0 Å². The molecule has 2 fully saturated rings. The Balaban J connectivity index is 1.59. The summed E-state index contributed by atoms with van der Waals surface area (Å²) in [5.74, 6) is 1.08. The number of rotatable bonds is 4. The van der Waals surface area contributed by atoms with E-state index in [0.29, 0.717) is 23.9 Å². The lowest BCUT2D eigenvalue weighted by atomic mass is 9.60. The quantitative estimate of drug-likeness (QED) is 0.897. The van der Waals surface area contributed by atoms with E-state index >= 15 is 0 Å². The van der Waals surface area contributed by atoms with Crippen LogP contribution in [0.4, 0.5) is 11.8 Å². The zero-order chi connectivity index (χ0) is 16.0. The van der Waals surface area contributed by atoms with Crippen LogP contribution in [0.25, 0.3) is 11.0 Å². The van der Waals surface area contributed by atoms with Crippen molar-refractivity contribution in [2.45, 2.75) is 51.2 Å². The van der Waals surface area contributed by atoms with Crippen molar-refractivity contribution in [1.82, 2.24) is 19.7 Å². The topological polar surface area (TPSA) is 90.9 Å². The van der Waals surface area contributed by atoms with Crippen molar-refractivity contribution in [3.8, 4) is 0 Å². The van der Waals surface area contributed by atoms with E-state index in [1.165, 1.54) is 25.7 Å². The van der Waals surface area contributed by atoms with Gasteiger partial charge in [-0.25, -0.2) is 0 Å². The maximum atomic E-state index is 6.06. The van der Waals surface area contributed by atoms with Gasteiger partial charge in [0.15, 0.2) is 5.65 Å². The fraction of sp³-hybridized carbons (Fsp3) is 0.688. The number of hydrogen-bond donors (Lipinski definition) is 2. The van der Waals surface area contributed by atoms with Gasteiger partial charge in [0, 0.05) is 25.1 Å². The summed E-state index contributed by atoms with van der Waals surface area (Å²) in [4.78, 5) is 9.02. The summed E-state index contributed by atoms with van der Waals surface area (Å²) in [6, 6.07) is 0.367. The second-order valence-corrected chi connectivity index (χ2v) is 6.75. The second-order valence-electron chi connectivity index (χ2n) is 6.75. The Hall–Kier alpha value is -1.89. The molecule has 2 aromatic heterocycles. The maximum absolute atomic E-state index is 6.06. The molecule has 23 heavy (non-hydrogen) atoms. The van der Waals surface area contributed by atoms with Crippen LogP contribution in [0.15, 0.2) is 6.20 Å². The first-order valence-electron chi connectivity index (χ1n) is 8.47. The van der Waals surface area contributed by atoms with Crippen LogP contribution < -0.4 is 11.1 Å². The van der Waals surface area contributed by atoms with Gasteiger partial charge in [0.1, 0.15) is 5.82 Å². The van der Waals surface area contributed by atoms with Gasteiger partial charge in [0.25, 0.3) is 0 Å². The first-order chi connectivity index (χ1) is 11.1. The third-order valence-corrected chi connectivity index (χ3v) is 5.61. The molecule has 0 saturated heterocycles. The summed E-state index contributed by atoms with van der Waals surface area (Å²) in [6.07, 6.45) is 8.10. The van der Waals surface area contributed by atoms with E-state index in [2.05, 4.69) is 27.3 Å². The number of hydrogen-bond acceptors (Lipinski definition) is 6. The Morgan fingerprint density at radius 3 is 2.91 bits per heavy atom. The summed E-state index contributed by atoms with van der Waals surface area (Å²) in [5, 5.41) is 8.53. The number of fused-ring (bicyclic) bond motifs is 1. The molecule has 7 heteroatoms. The molecular weight excluding hydrogens is 292 g/mol. The molecule has 2 atom stereocenters. The van der Waals surface area contributed by atoms with E-state index in [9.17, 15) is 0 Å². The normalized spacial score (nSPS) is 25.8. The summed E-state index contributed by atoms with van der Waals surface area (Å²) in [6.45, 7) is 2.85. The van der Waals surface area contributed by atoms with Gasteiger partial charge in [0.2, 0.25) is 5.95 Å². The van der Waals surface area contributed by atoms with E-state index in [1.807, 2.05) is 7.05 Å². The SMILES string of the molecule is CCO[C@@H]1C[C@H](Nc2nc(N)c3cnn(C)c3n2)C12CCCC2. The third kappa shape index (κ3) is 2.17. The smallest absolute Gasteiger partial charge is 0.226 e. The van der Waals surface area contributed by atoms with Gasteiger partial charge in [0.05, 0.1) is 17.7 Å². The Morgan fingerprint density at radius 2 is 2.17 bits per heavy atom. The van der Waals surface area contributed by atoms with Crippen LogP contribution in [0.2, 0.25) is 0 Å². The van der Waals surface area contributed by atoms with Crippen LogP contribution in [-0.4, -0.2) is 38.5 Å². The lowest BCUT2D eigenvalue weighted by Crippen LogP contribution is -2.60. The Morgan fingerprint density at radius 1 is 1.39 bits per heavy atom. The molecule has 3 N–H and O–H groups in total. The van der Waals surface area contributed by atoms with Crippen LogP contribution in [0, 0.1) is 5.41 Å². The first kappa shape index (κ1) is 14.7. The molecule has 2 aromatic rings. The lowest BCUT2D eigenvalue weighted by Gasteiger charge is -2.54. The highest BCUT2D eigenvalue weighted by Gasteiger charge is 2.56.